The van der Waals surface area contributed by atoms with E-state index in [9.17, 15) is 0 Å². The van der Waals surface area contributed by atoms with Gasteiger partial charge in [0.2, 0.25) is 5.13 Å². The molecule has 2 rings (SSSR count). The van der Waals surface area contributed by atoms with Gasteiger partial charge in [0.1, 0.15) is 5.82 Å². The van der Waals surface area contributed by atoms with Gasteiger partial charge in [-0.15, -0.1) is 0 Å². The highest BCUT2D eigenvalue weighted by molar-refractivity contribution is 7.09. The van der Waals surface area contributed by atoms with Crippen LogP contribution < -0.4 is 10.2 Å². The van der Waals surface area contributed by atoms with Crippen molar-refractivity contribution < 1.29 is 0 Å². The van der Waals surface area contributed by atoms with Crippen molar-refractivity contribution in [1.29, 1.82) is 0 Å². The van der Waals surface area contributed by atoms with E-state index >= 15 is 0 Å². The van der Waals surface area contributed by atoms with E-state index in [1.807, 2.05) is 0 Å². The average Bonchev–Trinajstić information content (AvgIpc) is 2.94. The van der Waals surface area contributed by atoms with E-state index in [4.69, 9.17) is 0 Å². The highest BCUT2D eigenvalue weighted by Crippen LogP contribution is 2.39. The second-order valence-electron chi connectivity index (χ2n) is 5.81. The predicted octanol–water partition coefficient (Wildman–Crippen LogP) is 2.24. The van der Waals surface area contributed by atoms with E-state index in [0.717, 1.165) is 24.0 Å². The Labute approximate surface area is 108 Å². The van der Waals surface area contributed by atoms with Crippen LogP contribution in [0.1, 0.15) is 45.4 Å². The van der Waals surface area contributed by atoms with Crippen molar-refractivity contribution in [1.82, 2.24) is 14.7 Å². The maximum atomic E-state index is 4.59. The Morgan fingerprint density at radius 2 is 2.12 bits per heavy atom. The topological polar surface area (TPSA) is 41.0 Å². The molecule has 0 bridgehead atoms. The van der Waals surface area contributed by atoms with Crippen LogP contribution >= 0.6 is 11.5 Å². The molecule has 1 aliphatic carbocycles. The summed E-state index contributed by atoms with van der Waals surface area (Å²) in [6.07, 6.45) is 2.54. The van der Waals surface area contributed by atoms with Gasteiger partial charge in [-0.3, -0.25) is 0 Å². The molecular weight excluding hydrogens is 232 g/mol. The normalized spacial score (nSPS) is 16.2. The Bertz CT molecular complexity index is 365. The van der Waals surface area contributed by atoms with E-state index in [-0.39, 0.29) is 5.54 Å². The molecule has 96 valence electrons. The summed E-state index contributed by atoms with van der Waals surface area (Å²) >= 11 is 1.52. The molecule has 1 fully saturated rings. The van der Waals surface area contributed by atoms with Crippen molar-refractivity contribution in [3.05, 3.63) is 5.82 Å². The fourth-order valence-corrected chi connectivity index (χ4v) is 2.31. The molecule has 17 heavy (non-hydrogen) atoms. The highest BCUT2D eigenvalue weighted by Gasteiger charge is 2.28. The molecule has 0 spiro atoms. The number of nitrogens with zero attached hydrogens (tertiary/aromatic N) is 3. The van der Waals surface area contributed by atoms with Gasteiger partial charge in [-0.2, -0.15) is 4.37 Å². The fourth-order valence-electron chi connectivity index (χ4n) is 1.58. The minimum atomic E-state index is 0.182. The Kier molecular flexibility index (Phi) is 3.68. The number of nitrogens with one attached hydrogen (secondary N) is 1. The van der Waals surface area contributed by atoms with Crippen molar-refractivity contribution >= 4 is 16.7 Å². The van der Waals surface area contributed by atoms with Gasteiger partial charge in [0.15, 0.2) is 0 Å². The van der Waals surface area contributed by atoms with Crippen molar-refractivity contribution in [3.63, 3.8) is 0 Å². The number of hydrogen-bond donors (Lipinski definition) is 1. The molecule has 5 heteroatoms. The molecular formula is C12H22N4S. The summed E-state index contributed by atoms with van der Waals surface area (Å²) in [5.74, 6) is 1.71. The van der Waals surface area contributed by atoms with Crippen LogP contribution in [0, 0.1) is 0 Å². The third kappa shape index (κ3) is 3.92. The maximum Gasteiger partial charge on any atom is 0.204 e. The van der Waals surface area contributed by atoms with Crippen molar-refractivity contribution in [2.45, 2.75) is 45.1 Å². The van der Waals surface area contributed by atoms with Crippen LogP contribution in [-0.4, -0.2) is 35.0 Å². The SMILES string of the molecule is CN(CCNC(C)(C)C)c1nc(C2CC2)ns1. The molecule has 1 aromatic rings. The van der Waals surface area contributed by atoms with Crippen molar-refractivity contribution in [3.8, 4) is 0 Å². The molecule has 0 saturated heterocycles. The Morgan fingerprint density at radius 1 is 1.41 bits per heavy atom. The Morgan fingerprint density at radius 3 is 2.71 bits per heavy atom. The van der Waals surface area contributed by atoms with E-state index in [0.29, 0.717) is 5.92 Å². The lowest BCUT2D eigenvalue weighted by atomic mass is 10.1. The zero-order valence-corrected chi connectivity index (χ0v) is 12.0. The number of rotatable bonds is 5. The maximum absolute atomic E-state index is 4.59. The molecule has 0 aromatic carbocycles. The van der Waals surface area contributed by atoms with Gasteiger partial charge in [-0.05, 0) is 33.6 Å². The molecule has 0 amide bonds. The first-order valence-corrected chi connectivity index (χ1v) is 7.03. The second-order valence-corrected chi connectivity index (χ2v) is 6.54. The van der Waals surface area contributed by atoms with Gasteiger partial charge in [0.25, 0.3) is 0 Å². The molecule has 1 aromatic heterocycles. The van der Waals surface area contributed by atoms with Gasteiger partial charge in [-0.25, -0.2) is 4.98 Å². The molecule has 1 saturated carbocycles. The molecule has 0 atom stereocenters. The van der Waals surface area contributed by atoms with Gasteiger partial charge >= 0.3 is 0 Å². The Balaban J connectivity index is 1.80. The van der Waals surface area contributed by atoms with Gasteiger partial charge < -0.3 is 10.2 Å². The zero-order chi connectivity index (χ0) is 12.5. The lowest BCUT2D eigenvalue weighted by molar-refractivity contribution is 0.431. The summed E-state index contributed by atoms with van der Waals surface area (Å²) < 4.78 is 4.42. The number of likely N-dealkylation sites (N-methyl/N-ethyl adjacent to an activating group) is 1. The molecule has 1 N–H and O–H groups in total. The van der Waals surface area contributed by atoms with Crippen LogP contribution in [0.2, 0.25) is 0 Å². The largest absolute Gasteiger partial charge is 0.349 e. The van der Waals surface area contributed by atoms with Gasteiger partial charge in [0, 0.05) is 43.1 Å². The van der Waals surface area contributed by atoms with Gasteiger partial charge in [0.05, 0.1) is 0 Å². The quantitative estimate of drug-likeness (QED) is 0.875. The van der Waals surface area contributed by atoms with E-state index in [1.165, 1.54) is 24.4 Å². The molecule has 0 aliphatic heterocycles. The number of aromatic nitrogens is 2. The van der Waals surface area contributed by atoms with Crippen LogP contribution in [0.3, 0.4) is 0 Å². The third-order valence-electron chi connectivity index (χ3n) is 2.80. The van der Waals surface area contributed by atoms with Crippen molar-refractivity contribution in [2.24, 2.45) is 0 Å². The molecule has 0 unspecified atom stereocenters. The first kappa shape index (κ1) is 12.8. The fraction of sp³-hybridized carbons (Fsp3) is 0.833. The van der Waals surface area contributed by atoms with Gasteiger partial charge in [-0.1, -0.05) is 0 Å². The lowest BCUT2D eigenvalue weighted by Crippen LogP contribution is -2.40. The molecule has 4 nitrogen and oxygen atoms in total. The summed E-state index contributed by atoms with van der Waals surface area (Å²) in [4.78, 5) is 6.78. The number of hydrogen-bond acceptors (Lipinski definition) is 5. The summed E-state index contributed by atoms with van der Waals surface area (Å²) in [5, 5.41) is 4.52. The zero-order valence-electron chi connectivity index (χ0n) is 11.2. The molecule has 1 heterocycles. The standard InChI is InChI=1S/C12H22N4S/c1-12(2,3)13-7-8-16(4)11-14-10(15-17-11)9-5-6-9/h9,13H,5-8H2,1-4H3. The smallest absolute Gasteiger partial charge is 0.204 e. The average molecular weight is 254 g/mol. The summed E-state index contributed by atoms with van der Waals surface area (Å²) in [6.45, 7) is 8.49. The molecule has 1 aliphatic rings. The van der Waals surface area contributed by atoms with E-state index in [2.05, 4.69) is 47.4 Å². The second kappa shape index (κ2) is 4.90. The van der Waals surface area contributed by atoms with Crippen LogP contribution in [0.15, 0.2) is 0 Å². The highest BCUT2D eigenvalue weighted by atomic mass is 32.1. The summed E-state index contributed by atoms with van der Waals surface area (Å²) in [7, 11) is 2.08. The summed E-state index contributed by atoms with van der Waals surface area (Å²) in [5.41, 5.74) is 0.182. The van der Waals surface area contributed by atoms with E-state index in [1.54, 1.807) is 0 Å². The van der Waals surface area contributed by atoms with Crippen molar-refractivity contribution in [2.75, 3.05) is 25.0 Å². The first-order chi connectivity index (χ1) is 7.96. The van der Waals surface area contributed by atoms with Crippen LogP contribution in [-0.2, 0) is 0 Å². The van der Waals surface area contributed by atoms with E-state index < -0.39 is 0 Å². The predicted molar refractivity (Wildman–Crippen MR) is 72.9 cm³/mol. The van der Waals surface area contributed by atoms with Crippen LogP contribution in [0.4, 0.5) is 5.13 Å². The molecule has 0 radical (unpaired) electrons. The lowest BCUT2D eigenvalue weighted by Gasteiger charge is -2.23. The minimum absolute atomic E-state index is 0.182. The minimum Gasteiger partial charge on any atom is -0.349 e. The monoisotopic (exact) mass is 254 g/mol. The van der Waals surface area contributed by atoms with Crippen LogP contribution in [0.25, 0.3) is 0 Å². The Hall–Kier alpha value is -0.680. The third-order valence-corrected chi connectivity index (χ3v) is 3.65. The summed E-state index contributed by atoms with van der Waals surface area (Å²) in [6, 6.07) is 0. The van der Waals surface area contributed by atoms with Crippen LogP contribution in [0.5, 0.6) is 0 Å². The first-order valence-electron chi connectivity index (χ1n) is 6.25. The number of anilines is 1.